The largest absolute Gasteiger partial charge is 0.495 e. The molecule has 0 radical (unpaired) electrons. The molecule has 1 heterocycles. The van der Waals surface area contributed by atoms with Crippen molar-refractivity contribution in [3.8, 4) is 5.75 Å². The number of hydrogen-bond acceptors (Lipinski definition) is 8. The first-order chi connectivity index (χ1) is 14.4. The van der Waals surface area contributed by atoms with Gasteiger partial charge in [-0.2, -0.15) is 0 Å². The van der Waals surface area contributed by atoms with Gasteiger partial charge in [0.15, 0.2) is 4.34 Å². The van der Waals surface area contributed by atoms with Gasteiger partial charge in [0.2, 0.25) is 16.9 Å². The highest BCUT2D eigenvalue weighted by Gasteiger charge is 2.18. The average Bonchev–Trinajstić information content (AvgIpc) is 3.16. The molecule has 0 spiro atoms. The highest BCUT2D eigenvalue weighted by molar-refractivity contribution is 8.02. The molecule has 1 atom stereocenters. The summed E-state index contributed by atoms with van der Waals surface area (Å²) >= 11 is 2.69. The number of rotatable bonds is 8. The fourth-order valence-electron chi connectivity index (χ4n) is 2.46. The summed E-state index contributed by atoms with van der Waals surface area (Å²) in [4.78, 5) is 23.6. The second-order valence-corrected chi connectivity index (χ2v) is 8.77. The Morgan fingerprint density at radius 2 is 1.70 bits per heavy atom. The molecule has 1 aromatic heterocycles. The lowest BCUT2D eigenvalue weighted by molar-refractivity contribution is -0.115. The van der Waals surface area contributed by atoms with Gasteiger partial charge >= 0.3 is 0 Å². The number of anilines is 4. The van der Waals surface area contributed by atoms with Crippen LogP contribution in [-0.2, 0) is 9.59 Å². The first-order valence-electron chi connectivity index (χ1n) is 9.03. The van der Waals surface area contributed by atoms with E-state index in [1.54, 1.807) is 38.3 Å². The summed E-state index contributed by atoms with van der Waals surface area (Å²) < 4.78 is 6.00. The van der Waals surface area contributed by atoms with Crippen molar-refractivity contribution in [1.82, 2.24) is 10.2 Å². The number of methoxy groups -OCH3 is 1. The summed E-state index contributed by atoms with van der Waals surface area (Å²) in [5.74, 6) is 0.411. The predicted molar refractivity (Wildman–Crippen MR) is 121 cm³/mol. The number of nitrogens with zero attached hydrogens (tertiary/aromatic N) is 2. The Bertz CT molecular complexity index is 1020. The number of benzene rings is 2. The van der Waals surface area contributed by atoms with E-state index in [0.717, 1.165) is 5.69 Å². The molecule has 2 aromatic carbocycles. The molecule has 0 saturated heterocycles. The van der Waals surface area contributed by atoms with Crippen LogP contribution in [0.3, 0.4) is 0 Å². The zero-order chi connectivity index (χ0) is 21.5. The van der Waals surface area contributed by atoms with Gasteiger partial charge in [0, 0.05) is 18.3 Å². The van der Waals surface area contributed by atoms with Gasteiger partial charge in [-0.25, -0.2) is 0 Å². The molecule has 3 N–H and O–H groups in total. The standard InChI is InChI=1S/C20H21N5O3S2/c1-12(18(27)22-15-10-8-14(9-11-15)21-13(2)26)29-20-25-24-19(30-20)23-16-6-4-5-7-17(16)28-3/h4-12H,1-3H3,(H,21,26)(H,22,27)(H,23,24)/t12-/m1/s1. The summed E-state index contributed by atoms with van der Waals surface area (Å²) in [6, 6.07) is 14.5. The number of thioether (sulfide) groups is 1. The van der Waals surface area contributed by atoms with Crippen LogP contribution < -0.4 is 20.7 Å². The quantitative estimate of drug-likeness (QED) is 0.444. The van der Waals surface area contributed by atoms with Crippen LogP contribution in [0.1, 0.15) is 13.8 Å². The van der Waals surface area contributed by atoms with E-state index in [-0.39, 0.29) is 17.1 Å². The Labute approximate surface area is 182 Å². The lowest BCUT2D eigenvalue weighted by Gasteiger charge is -2.11. The maximum atomic E-state index is 12.5. The first-order valence-corrected chi connectivity index (χ1v) is 10.7. The van der Waals surface area contributed by atoms with Crippen LogP contribution in [0.5, 0.6) is 5.75 Å². The molecule has 8 nitrogen and oxygen atoms in total. The summed E-state index contributed by atoms with van der Waals surface area (Å²) in [5, 5.41) is 17.2. The maximum Gasteiger partial charge on any atom is 0.237 e. The summed E-state index contributed by atoms with van der Waals surface area (Å²) in [7, 11) is 1.61. The molecule has 0 aliphatic rings. The predicted octanol–water partition coefficient (Wildman–Crippen LogP) is 4.37. The van der Waals surface area contributed by atoms with E-state index in [2.05, 4.69) is 26.1 Å². The third-order valence-electron chi connectivity index (χ3n) is 3.87. The zero-order valence-electron chi connectivity index (χ0n) is 16.6. The van der Waals surface area contributed by atoms with Crippen molar-refractivity contribution in [2.45, 2.75) is 23.4 Å². The number of para-hydroxylation sites is 2. The molecule has 10 heteroatoms. The molecule has 2 amide bonds. The second kappa shape index (κ2) is 10.1. The van der Waals surface area contributed by atoms with Crippen molar-refractivity contribution in [2.75, 3.05) is 23.1 Å². The number of carbonyl (C=O) groups excluding carboxylic acids is 2. The van der Waals surface area contributed by atoms with Gasteiger partial charge in [-0.05, 0) is 43.3 Å². The minimum absolute atomic E-state index is 0.145. The molecule has 0 bridgehead atoms. The molecule has 0 fully saturated rings. The molecule has 0 saturated carbocycles. The Balaban J connectivity index is 1.56. The van der Waals surface area contributed by atoms with E-state index in [1.165, 1.54) is 30.0 Å². The van der Waals surface area contributed by atoms with Gasteiger partial charge in [0.05, 0.1) is 18.0 Å². The van der Waals surface area contributed by atoms with Crippen LogP contribution in [0.25, 0.3) is 0 Å². The highest BCUT2D eigenvalue weighted by Crippen LogP contribution is 2.33. The number of carbonyl (C=O) groups is 2. The minimum Gasteiger partial charge on any atom is -0.495 e. The van der Waals surface area contributed by atoms with Gasteiger partial charge in [-0.1, -0.05) is 35.2 Å². The number of hydrogen-bond donors (Lipinski definition) is 3. The smallest absolute Gasteiger partial charge is 0.237 e. The summed E-state index contributed by atoms with van der Waals surface area (Å²) in [6.45, 7) is 3.25. The van der Waals surface area contributed by atoms with Crippen LogP contribution in [0, 0.1) is 0 Å². The van der Waals surface area contributed by atoms with E-state index < -0.39 is 0 Å². The Hall–Kier alpha value is -3.11. The molecule has 3 aromatic rings. The van der Waals surface area contributed by atoms with Crippen molar-refractivity contribution in [2.24, 2.45) is 0 Å². The molecule has 30 heavy (non-hydrogen) atoms. The van der Waals surface area contributed by atoms with Gasteiger partial charge in [-0.15, -0.1) is 10.2 Å². The fourth-order valence-corrected chi connectivity index (χ4v) is 4.37. The monoisotopic (exact) mass is 443 g/mol. The Morgan fingerprint density at radius 1 is 1.03 bits per heavy atom. The zero-order valence-corrected chi connectivity index (χ0v) is 18.3. The van der Waals surface area contributed by atoms with E-state index in [0.29, 0.717) is 26.6 Å². The van der Waals surface area contributed by atoms with Crippen molar-refractivity contribution in [3.63, 3.8) is 0 Å². The third-order valence-corrected chi connectivity index (χ3v) is 5.90. The van der Waals surface area contributed by atoms with Crippen molar-refractivity contribution >= 4 is 57.1 Å². The van der Waals surface area contributed by atoms with Crippen LogP contribution >= 0.6 is 23.1 Å². The Morgan fingerprint density at radius 3 is 2.37 bits per heavy atom. The molecule has 3 rings (SSSR count). The van der Waals surface area contributed by atoms with Crippen molar-refractivity contribution in [1.29, 1.82) is 0 Å². The SMILES string of the molecule is COc1ccccc1Nc1nnc(S[C@H](C)C(=O)Nc2ccc(NC(C)=O)cc2)s1. The molecular weight excluding hydrogens is 422 g/mol. The third kappa shape index (κ3) is 5.94. The Kier molecular flexibility index (Phi) is 7.26. The normalized spacial score (nSPS) is 11.4. The van der Waals surface area contributed by atoms with E-state index in [4.69, 9.17) is 4.74 Å². The minimum atomic E-state index is -0.368. The van der Waals surface area contributed by atoms with E-state index in [1.807, 2.05) is 24.3 Å². The van der Waals surface area contributed by atoms with Crippen LogP contribution in [0.2, 0.25) is 0 Å². The molecule has 156 valence electrons. The topological polar surface area (TPSA) is 105 Å². The van der Waals surface area contributed by atoms with Crippen molar-refractivity contribution < 1.29 is 14.3 Å². The number of amides is 2. The number of ether oxygens (including phenoxy) is 1. The second-order valence-electron chi connectivity index (χ2n) is 6.21. The highest BCUT2D eigenvalue weighted by atomic mass is 32.2. The van der Waals surface area contributed by atoms with Crippen molar-refractivity contribution in [3.05, 3.63) is 48.5 Å². The number of aromatic nitrogens is 2. The van der Waals surface area contributed by atoms with Gasteiger partial charge in [0.1, 0.15) is 5.75 Å². The van der Waals surface area contributed by atoms with E-state index in [9.17, 15) is 9.59 Å². The summed E-state index contributed by atoms with van der Waals surface area (Å²) in [6.07, 6.45) is 0. The van der Waals surface area contributed by atoms with Gasteiger partial charge < -0.3 is 20.7 Å². The molecule has 0 unspecified atom stereocenters. The first kappa shape index (κ1) is 21.6. The summed E-state index contributed by atoms with van der Waals surface area (Å²) in [5.41, 5.74) is 2.12. The number of nitrogens with one attached hydrogen (secondary N) is 3. The lowest BCUT2D eigenvalue weighted by atomic mass is 10.2. The molecular formula is C20H21N5O3S2. The maximum absolute atomic E-state index is 12.5. The lowest BCUT2D eigenvalue weighted by Crippen LogP contribution is -2.22. The van der Waals surface area contributed by atoms with Gasteiger partial charge in [-0.3, -0.25) is 9.59 Å². The fraction of sp³-hybridized carbons (Fsp3) is 0.200. The van der Waals surface area contributed by atoms with Crippen LogP contribution in [0.15, 0.2) is 52.9 Å². The average molecular weight is 444 g/mol. The molecule has 0 aliphatic heterocycles. The van der Waals surface area contributed by atoms with Gasteiger partial charge in [0.25, 0.3) is 0 Å². The van der Waals surface area contributed by atoms with Crippen LogP contribution in [-0.4, -0.2) is 34.4 Å². The van der Waals surface area contributed by atoms with Crippen LogP contribution in [0.4, 0.5) is 22.2 Å². The molecule has 0 aliphatic carbocycles. The van der Waals surface area contributed by atoms with E-state index >= 15 is 0 Å².